The summed E-state index contributed by atoms with van der Waals surface area (Å²) in [6, 6.07) is 0. The summed E-state index contributed by atoms with van der Waals surface area (Å²) in [7, 11) is -3.73. The molecule has 0 aliphatic heterocycles. The van der Waals surface area contributed by atoms with Gasteiger partial charge in [0.15, 0.2) is 5.25 Å². The Balaban J connectivity index is 2.47. The maximum atomic E-state index is 11.5. The highest BCUT2D eigenvalue weighted by Crippen LogP contribution is 2.17. The lowest BCUT2D eigenvalue weighted by atomic mass is 9.95. The number of hydrogen-bond acceptors (Lipinski definition) is 3. The van der Waals surface area contributed by atoms with E-state index in [4.69, 9.17) is 5.11 Å². The zero-order chi connectivity index (χ0) is 12.2. The average molecular weight is 247 g/mol. The molecule has 16 heavy (non-hydrogen) atoms. The Labute approximate surface area is 95.6 Å². The van der Waals surface area contributed by atoms with E-state index in [-0.39, 0.29) is 5.92 Å². The minimum Gasteiger partial charge on any atom is -0.480 e. The Morgan fingerprint density at radius 3 is 2.75 bits per heavy atom. The zero-order valence-electron chi connectivity index (χ0n) is 9.22. The molecular weight excluding hydrogens is 230 g/mol. The first-order chi connectivity index (χ1) is 7.43. The predicted octanol–water partition coefficient (Wildman–Crippen LogP) is 0.735. The van der Waals surface area contributed by atoms with Gasteiger partial charge in [0.1, 0.15) is 0 Å². The van der Waals surface area contributed by atoms with Crippen LogP contribution in [-0.2, 0) is 14.8 Å². The number of carbonyl (C=O) groups is 1. The standard InChI is InChI=1S/C10H17NO4S/c1-8(10(12)13)16(14,15)11-7-9-5-3-2-4-6-9/h2-3,8-9,11H,4-7H2,1H3,(H,12,13). The molecule has 5 nitrogen and oxygen atoms in total. The third-order valence-corrected chi connectivity index (χ3v) is 4.47. The van der Waals surface area contributed by atoms with E-state index in [2.05, 4.69) is 10.8 Å². The molecule has 0 heterocycles. The van der Waals surface area contributed by atoms with Crippen molar-refractivity contribution in [1.29, 1.82) is 0 Å². The van der Waals surface area contributed by atoms with Gasteiger partial charge in [-0.2, -0.15) is 0 Å². The Morgan fingerprint density at radius 1 is 1.56 bits per heavy atom. The number of nitrogens with one attached hydrogen (secondary N) is 1. The van der Waals surface area contributed by atoms with Crippen molar-refractivity contribution in [2.75, 3.05) is 6.54 Å². The number of aliphatic carboxylic acids is 1. The fourth-order valence-electron chi connectivity index (χ4n) is 1.53. The van der Waals surface area contributed by atoms with Crippen LogP contribution in [0.25, 0.3) is 0 Å². The topological polar surface area (TPSA) is 83.5 Å². The van der Waals surface area contributed by atoms with Crippen LogP contribution in [0.4, 0.5) is 0 Å². The SMILES string of the molecule is CC(C(=O)O)S(=O)(=O)NCC1CC=CCC1. The largest absolute Gasteiger partial charge is 0.480 e. The van der Waals surface area contributed by atoms with Crippen LogP contribution in [-0.4, -0.2) is 31.3 Å². The number of sulfonamides is 1. The molecule has 1 aliphatic carbocycles. The molecule has 1 aliphatic rings. The molecule has 0 spiro atoms. The van der Waals surface area contributed by atoms with Crippen molar-refractivity contribution in [1.82, 2.24) is 4.72 Å². The van der Waals surface area contributed by atoms with Crippen molar-refractivity contribution in [3.05, 3.63) is 12.2 Å². The van der Waals surface area contributed by atoms with E-state index < -0.39 is 21.2 Å². The van der Waals surface area contributed by atoms with Gasteiger partial charge in [-0.25, -0.2) is 13.1 Å². The van der Waals surface area contributed by atoms with Crippen molar-refractivity contribution in [2.45, 2.75) is 31.4 Å². The number of carboxylic acid groups (broad SMARTS) is 1. The molecule has 6 heteroatoms. The summed E-state index contributed by atoms with van der Waals surface area (Å²) in [6.07, 6.45) is 6.86. The third-order valence-electron chi connectivity index (χ3n) is 2.76. The second-order valence-corrected chi connectivity index (χ2v) is 6.11. The van der Waals surface area contributed by atoms with Crippen molar-refractivity contribution >= 4 is 16.0 Å². The maximum absolute atomic E-state index is 11.5. The molecule has 1 rings (SSSR count). The van der Waals surface area contributed by atoms with Crippen LogP contribution in [0, 0.1) is 5.92 Å². The number of allylic oxidation sites excluding steroid dienone is 2. The summed E-state index contributed by atoms with van der Waals surface area (Å²) in [4.78, 5) is 10.6. The number of carboxylic acids is 1. The molecule has 2 atom stereocenters. The lowest BCUT2D eigenvalue weighted by molar-refractivity contribution is -0.136. The average Bonchev–Trinajstić information content (AvgIpc) is 2.27. The van der Waals surface area contributed by atoms with Gasteiger partial charge in [0.05, 0.1) is 0 Å². The summed E-state index contributed by atoms with van der Waals surface area (Å²) < 4.78 is 25.4. The number of rotatable bonds is 5. The predicted molar refractivity (Wildman–Crippen MR) is 60.5 cm³/mol. The molecule has 0 saturated carbocycles. The molecule has 0 aromatic carbocycles. The summed E-state index contributed by atoms with van der Waals surface area (Å²) in [5.41, 5.74) is 0. The third kappa shape index (κ3) is 3.61. The van der Waals surface area contributed by atoms with Crippen LogP contribution >= 0.6 is 0 Å². The van der Waals surface area contributed by atoms with Crippen LogP contribution in [0.5, 0.6) is 0 Å². The monoisotopic (exact) mass is 247 g/mol. The highest BCUT2D eigenvalue weighted by molar-refractivity contribution is 7.90. The van der Waals surface area contributed by atoms with Crippen molar-refractivity contribution < 1.29 is 18.3 Å². The van der Waals surface area contributed by atoms with E-state index in [1.165, 1.54) is 6.92 Å². The summed E-state index contributed by atoms with van der Waals surface area (Å²) in [5, 5.41) is 7.23. The van der Waals surface area contributed by atoms with Gasteiger partial charge in [-0.05, 0) is 32.1 Å². The van der Waals surface area contributed by atoms with Crippen LogP contribution in [0.1, 0.15) is 26.2 Å². The molecule has 2 unspecified atom stereocenters. The summed E-state index contributed by atoms with van der Waals surface area (Å²) >= 11 is 0. The molecule has 0 radical (unpaired) electrons. The second kappa shape index (κ2) is 5.45. The smallest absolute Gasteiger partial charge is 0.323 e. The first kappa shape index (κ1) is 13.2. The van der Waals surface area contributed by atoms with E-state index in [1.54, 1.807) is 0 Å². The van der Waals surface area contributed by atoms with Gasteiger partial charge < -0.3 is 5.11 Å². The van der Waals surface area contributed by atoms with Crippen molar-refractivity contribution in [3.8, 4) is 0 Å². The lowest BCUT2D eigenvalue weighted by Gasteiger charge is -2.19. The molecular formula is C10H17NO4S. The van der Waals surface area contributed by atoms with E-state index in [1.807, 2.05) is 6.08 Å². The Kier molecular flexibility index (Phi) is 4.49. The van der Waals surface area contributed by atoms with Crippen LogP contribution in [0.15, 0.2) is 12.2 Å². The van der Waals surface area contributed by atoms with E-state index in [0.29, 0.717) is 6.54 Å². The fourth-order valence-corrected chi connectivity index (χ4v) is 2.52. The normalized spacial score (nSPS) is 22.9. The van der Waals surface area contributed by atoms with E-state index in [9.17, 15) is 13.2 Å². The first-order valence-corrected chi connectivity index (χ1v) is 6.84. The molecule has 0 saturated heterocycles. The maximum Gasteiger partial charge on any atom is 0.323 e. The van der Waals surface area contributed by atoms with Gasteiger partial charge in [0, 0.05) is 6.54 Å². The second-order valence-electron chi connectivity index (χ2n) is 4.02. The first-order valence-electron chi connectivity index (χ1n) is 5.30. The minimum atomic E-state index is -3.73. The van der Waals surface area contributed by atoms with Crippen LogP contribution < -0.4 is 4.72 Å². The molecule has 0 amide bonds. The molecule has 0 bridgehead atoms. The Morgan fingerprint density at radius 2 is 2.25 bits per heavy atom. The van der Waals surface area contributed by atoms with Gasteiger partial charge >= 0.3 is 5.97 Å². The minimum absolute atomic E-state index is 0.278. The van der Waals surface area contributed by atoms with Crippen LogP contribution in [0.3, 0.4) is 0 Å². The Bertz CT molecular complexity index is 374. The van der Waals surface area contributed by atoms with Crippen LogP contribution in [0.2, 0.25) is 0 Å². The summed E-state index contributed by atoms with van der Waals surface area (Å²) in [5.74, 6) is -1.04. The van der Waals surface area contributed by atoms with E-state index >= 15 is 0 Å². The molecule has 0 fully saturated rings. The Hall–Kier alpha value is -0.880. The quantitative estimate of drug-likeness (QED) is 0.702. The van der Waals surface area contributed by atoms with Gasteiger partial charge in [0.2, 0.25) is 10.0 Å². The number of hydrogen-bond donors (Lipinski definition) is 2. The molecule has 0 aromatic heterocycles. The molecule has 0 aromatic rings. The highest BCUT2D eigenvalue weighted by Gasteiger charge is 2.27. The van der Waals surface area contributed by atoms with Gasteiger partial charge in [-0.15, -0.1) is 0 Å². The fraction of sp³-hybridized carbons (Fsp3) is 0.700. The van der Waals surface area contributed by atoms with Crippen molar-refractivity contribution in [3.63, 3.8) is 0 Å². The van der Waals surface area contributed by atoms with Gasteiger partial charge in [0.25, 0.3) is 0 Å². The lowest BCUT2D eigenvalue weighted by Crippen LogP contribution is -2.39. The van der Waals surface area contributed by atoms with Gasteiger partial charge in [-0.3, -0.25) is 4.79 Å². The van der Waals surface area contributed by atoms with Crippen molar-refractivity contribution in [2.24, 2.45) is 5.92 Å². The summed E-state index contributed by atoms with van der Waals surface area (Å²) in [6.45, 7) is 1.50. The van der Waals surface area contributed by atoms with E-state index in [0.717, 1.165) is 19.3 Å². The molecule has 2 N–H and O–H groups in total. The zero-order valence-corrected chi connectivity index (χ0v) is 10.0. The van der Waals surface area contributed by atoms with Gasteiger partial charge in [-0.1, -0.05) is 12.2 Å². The molecule has 92 valence electrons. The highest BCUT2D eigenvalue weighted by atomic mass is 32.2.